The highest BCUT2D eigenvalue weighted by molar-refractivity contribution is 7.89. The van der Waals surface area contributed by atoms with Crippen molar-refractivity contribution in [1.29, 1.82) is 0 Å². The smallest absolute Gasteiger partial charge is 0.335 e. The summed E-state index contributed by atoms with van der Waals surface area (Å²) in [6.45, 7) is 2.51. The lowest BCUT2D eigenvalue weighted by Gasteiger charge is -2.17. The van der Waals surface area contributed by atoms with E-state index in [4.69, 9.17) is 15.6 Å². The molecule has 6 N–H and O–H groups in total. The maximum absolute atomic E-state index is 12.0. The summed E-state index contributed by atoms with van der Waals surface area (Å²) in [5.41, 5.74) is 6.18. The van der Waals surface area contributed by atoms with Crippen LogP contribution in [0.1, 0.15) is 30.1 Å². The van der Waals surface area contributed by atoms with Gasteiger partial charge in [-0.3, -0.25) is 0 Å². The number of nitrogens with one attached hydrogen (secondary N) is 1. The zero-order chi connectivity index (χ0) is 19.3. The lowest BCUT2D eigenvalue weighted by molar-refractivity contribution is 0.0696. The van der Waals surface area contributed by atoms with Gasteiger partial charge in [-0.2, -0.15) is 0 Å². The molecule has 0 aromatic heterocycles. The van der Waals surface area contributed by atoms with Gasteiger partial charge in [0.1, 0.15) is 10.6 Å². The molecule has 2 aromatic carbocycles. The van der Waals surface area contributed by atoms with E-state index in [1.807, 2.05) is 6.92 Å². The monoisotopic (exact) mass is 379 g/mol. The molecule has 0 amide bonds. The van der Waals surface area contributed by atoms with Crippen molar-refractivity contribution in [3.8, 4) is 11.5 Å². The van der Waals surface area contributed by atoms with E-state index in [2.05, 4.69) is 5.32 Å². The van der Waals surface area contributed by atoms with Gasteiger partial charge in [0.05, 0.1) is 11.3 Å². The molecule has 0 atom stereocenters. The number of carboxylic acid groups (broad SMARTS) is 1. The van der Waals surface area contributed by atoms with Gasteiger partial charge in [-0.05, 0) is 42.8 Å². The Morgan fingerprint density at radius 2 is 1.88 bits per heavy atom. The van der Waals surface area contributed by atoms with Gasteiger partial charge in [0, 0.05) is 12.2 Å². The molecule has 2 aromatic rings. The Kier molecular flexibility index (Phi) is 6.06. The van der Waals surface area contributed by atoms with E-state index in [0.717, 1.165) is 18.9 Å². The number of rotatable bonds is 8. The van der Waals surface area contributed by atoms with Crippen LogP contribution in [0.3, 0.4) is 0 Å². The van der Waals surface area contributed by atoms with Gasteiger partial charge in [0.25, 0.3) is 0 Å². The molecular weight excluding hydrogens is 358 g/mol. The molecule has 8 nitrogen and oxygen atoms in total. The summed E-state index contributed by atoms with van der Waals surface area (Å²) >= 11 is 0. The third-order valence-electron chi connectivity index (χ3n) is 3.55. The normalized spacial score (nSPS) is 11.2. The van der Waals surface area contributed by atoms with Crippen LogP contribution in [0.15, 0.2) is 41.3 Å². The van der Waals surface area contributed by atoms with Crippen molar-refractivity contribution < 1.29 is 23.1 Å². The van der Waals surface area contributed by atoms with Crippen LogP contribution in [0.25, 0.3) is 0 Å². The number of carbonyl (C=O) groups is 1. The molecule has 0 aliphatic carbocycles. The van der Waals surface area contributed by atoms with E-state index in [9.17, 15) is 18.3 Å². The molecule has 140 valence electrons. The molecule has 0 saturated carbocycles. The highest BCUT2D eigenvalue weighted by Gasteiger charge is 2.23. The highest BCUT2D eigenvalue weighted by Crippen LogP contribution is 2.37. The third-order valence-corrected chi connectivity index (χ3v) is 4.47. The summed E-state index contributed by atoms with van der Waals surface area (Å²) in [5, 5.41) is 17.6. The minimum absolute atomic E-state index is 0.0571. The first kappa shape index (κ1) is 19.5. The van der Waals surface area contributed by atoms with E-state index in [1.165, 1.54) is 6.07 Å². The number of sulfonamides is 1. The lowest BCUT2D eigenvalue weighted by atomic mass is 10.1. The number of aromatic carboxylic acids is 1. The van der Waals surface area contributed by atoms with Crippen molar-refractivity contribution in [3.63, 3.8) is 0 Å². The standard InChI is InChI=1S/C17H21N3O5S/c1-2-3-8-20-14-9-11(17(21)22)10-15(26(19,23)24)16(14)25-13-6-4-12(18)5-7-13/h4-7,9-10,20H,2-3,8,18H2,1H3,(H,21,22)(H2,19,23,24). The molecule has 0 spiro atoms. The average Bonchev–Trinajstić information content (AvgIpc) is 2.57. The first-order valence-electron chi connectivity index (χ1n) is 7.93. The minimum atomic E-state index is -4.22. The Balaban J connectivity index is 2.59. The largest absolute Gasteiger partial charge is 0.478 e. The van der Waals surface area contributed by atoms with Crippen molar-refractivity contribution in [2.24, 2.45) is 5.14 Å². The second kappa shape index (κ2) is 8.07. The van der Waals surface area contributed by atoms with Gasteiger partial charge in [0.2, 0.25) is 10.0 Å². The van der Waals surface area contributed by atoms with Crippen LogP contribution in [-0.2, 0) is 10.0 Å². The minimum Gasteiger partial charge on any atom is -0.478 e. The maximum atomic E-state index is 12.0. The topological polar surface area (TPSA) is 145 Å². The number of nitrogens with two attached hydrogens (primary N) is 2. The highest BCUT2D eigenvalue weighted by atomic mass is 32.2. The van der Waals surface area contributed by atoms with Crippen LogP contribution in [-0.4, -0.2) is 26.0 Å². The summed E-state index contributed by atoms with van der Waals surface area (Å²) in [6.07, 6.45) is 1.71. The van der Waals surface area contributed by atoms with E-state index in [1.54, 1.807) is 24.3 Å². The second-order valence-electron chi connectivity index (χ2n) is 5.65. The molecule has 0 aliphatic heterocycles. The molecule has 0 heterocycles. The molecule has 0 aliphatic rings. The number of hydrogen-bond acceptors (Lipinski definition) is 6. The van der Waals surface area contributed by atoms with Crippen LogP contribution in [0.5, 0.6) is 11.5 Å². The Labute approximate surface area is 151 Å². The van der Waals surface area contributed by atoms with Crippen molar-refractivity contribution >= 4 is 27.4 Å². The Morgan fingerprint density at radius 1 is 1.23 bits per heavy atom. The average molecular weight is 379 g/mol. The summed E-state index contributed by atoms with van der Waals surface area (Å²) in [6, 6.07) is 8.64. The number of anilines is 2. The Bertz CT molecular complexity index is 895. The number of benzene rings is 2. The van der Waals surface area contributed by atoms with Crippen molar-refractivity contribution in [3.05, 3.63) is 42.0 Å². The number of nitrogen functional groups attached to an aromatic ring is 1. The van der Waals surface area contributed by atoms with Gasteiger partial charge in [0.15, 0.2) is 5.75 Å². The van der Waals surface area contributed by atoms with Crippen LogP contribution < -0.4 is 20.9 Å². The van der Waals surface area contributed by atoms with Gasteiger partial charge in [-0.25, -0.2) is 18.4 Å². The molecule has 26 heavy (non-hydrogen) atoms. The molecule has 0 unspecified atom stereocenters. The van der Waals surface area contributed by atoms with Gasteiger partial charge >= 0.3 is 5.97 Å². The fourth-order valence-electron chi connectivity index (χ4n) is 2.23. The summed E-state index contributed by atoms with van der Waals surface area (Å²) < 4.78 is 29.7. The number of primary sulfonamides is 1. The van der Waals surface area contributed by atoms with Crippen molar-refractivity contribution in [1.82, 2.24) is 0 Å². The quantitative estimate of drug-likeness (QED) is 0.407. The first-order chi connectivity index (χ1) is 12.2. The van der Waals surface area contributed by atoms with Crippen molar-refractivity contribution in [2.45, 2.75) is 24.7 Å². The maximum Gasteiger partial charge on any atom is 0.335 e. The summed E-state index contributed by atoms with van der Waals surface area (Å²) in [5.74, 6) is -0.989. The molecule has 9 heteroatoms. The number of ether oxygens (including phenoxy) is 1. The molecule has 0 bridgehead atoms. The van der Waals surface area contributed by atoms with Crippen molar-refractivity contribution in [2.75, 3.05) is 17.6 Å². The molecule has 2 rings (SSSR count). The zero-order valence-electron chi connectivity index (χ0n) is 14.2. The van der Waals surface area contributed by atoms with E-state index < -0.39 is 20.9 Å². The summed E-state index contributed by atoms with van der Waals surface area (Å²) in [4.78, 5) is 10.9. The van der Waals surface area contributed by atoms with Gasteiger partial charge < -0.3 is 20.9 Å². The van der Waals surface area contributed by atoms with Gasteiger partial charge in [-0.1, -0.05) is 13.3 Å². The fraction of sp³-hybridized carbons (Fsp3) is 0.235. The van der Waals surface area contributed by atoms with E-state index in [-0.39, 0.29) is 17.0 Å². The van der Waals surface area contributed by atoms with E-state index in [0.29, 0.717) is 18.0 Å². The Morgan fingerprint density at radius 3 is 2.42 bits per heavy atom. The number of carboxylic acids is 1. The van der Waals surface area contributed by atoms with Crippen LogP contribution in [0, 0.1) is 0 Å². The summed E-state index contributed by atoms with van der Waals surface area (Å²) in [7, 11) is -4.22. The van der Waals surface area contributed by atoms with Crippen LogP contribution in [0.4, 0.5) is 11.4 Å². The first-order valence-corrected chi connectivity index (χ1v) is 9.48. The number of unbranched alkanes of at least 4 members (excludes halogenated alkanes) is 1. The molecule has 0 saturated heterocycles. The van der Waals surface area contributed by atoms with Crippen LogP contribution >= 0.6 is 0 Å². The van der Waals surface area contributed by atoms with Crippen LogP contribution in [0.2, 0.25) is 0 Å². The Hall–Kier alpha value is -2.78. The predicted octanol–water partition coefficient (Wildman–Crippen LogP) is 2.62. The molecule has 0 fully saturated rings. The zero-order valence-corrected chi connectivity index (χ0v) is 15.0. The predicted molar refractivity (Wildman–Crippen MR) is 99.1 cm³/mol. The third kappa shape index (κ3) is 4.87. The number of hydrogen-bond donors (Lipinski definition) is 4. The van der Waals surface area contributed by atoms with Gasteiger partial charge in [-0.15, -0.1) is 0 Å². The second-order valence-corrected chi connectivity index (χ2v) is 7.18. The molecule has 0 radical (unpaired) electrons. The SMILES string of the molecule is CCCCNc1cc(C(=O)O)cc(S(N)(=O)=O)c1Oc1ccc(N)cc1. The van der Waals surface area contributed by atoms with E-state index >= 15 is 0 Å². The lowest BCUT2D eigenvalue weighted by Crippen LogP contribution is -2.16. The molecular formula is C17H21N3O5S. The fourth-order valence-corrected chi connectivity index (χ4v) is 2.93.